The van der Waals surface area contributed by atoms with Crippen LogP contribution >= 0.6 is 11.3 Å². The highest BCUT2D eigenvalue weighted by molar-refractivity contribution is 7.16. The first kappa shape index (κ1) is 9.09. The van der Waals surface area contributed by atoms with Crippen LogP contribution in [0.1, 0.15) is 32.0 Å². The van der Waals surface area contributed by atoms with Gasteiger partial charge in [-0.15, -0.1) is 11.3 Å². The van der Waals surface area contributed by atoms with Crippen LogP contribution in [0.4, 0.5) is 5.82 Å². The first-order valence-electron chi connectivity index (χ1n) is 5.08. The van der Waals surface area contributed by atoms with Gasteiger partial charge < -0.3 is 5.73 Å². The maximum atomic E-state index is 5.91. The summed E-state index contributed by atoms with van der Waals surface area (Å²) in [5.74, 6) is 2.04. The molecule has 15 heavy (non-hydrogen) atoms. The fourth-order valence-electron chi connectivity index (χ4n) is 1.96. The van der Waals surface area contributed by atoms with Gasteiger partial charge in [-0.1, -0.05) is 13.8 Å². The van der Waals surface area contributed by atoms with Crippen LogP contribution in [0.5, 0.6) is 0 Å². The summed E-state index contributed by atoms with van der Waals surface area (Å²) >= 11 is 1.63. The minimum Gasteiger partial charge on any atom is -0.383 e. The van der Waals surface area contributed by atoms with E-state index in [1.54, 1.807) is 11.3 Å². The summed E-state index contributed by atoms with van der Waals surface area (Å²) in [6.07, 6.45) is 1.17. The van der Waals surface area contributed by atoms with E-state index in [-0.39, 0.29) is 0 Å². The van der Waals surface area contributed by atoms with E-state index in [1.165, 1.54) is 6.42 Å². The maximum absolute atomic E-state index is 5.91. The third-order valence-electron chi connectivity index (χ3n) is 3.20. The quantitative estimate of drug-likeness (QED) is 0.802. The van der Waals surface area contributed by atoms with E-state index in [2.05, 4.69) is 23.8 Å². The lowest BCUT2D eigenvalue weighted by atomic mass is 10.1. The van der Waals surface area contributed by atoms with Crippen molar-refractivity contribution in [2.75, 3.05) is 5.73 Å². The van der Waals surface area contributed by atoms with Gasteiger partial charge in [0, 0.05) is 5.92 Å². The van der Waals surface area contributed by atoms with Gasteiger partial charge in [-0.3, -0.25) is 0 Å². The summed E-state index contributed by atoms with van der Waals surface area (Å²) in [5, 5.41) is 3.00. The molecule has 2 N–H and O–H groups in total. The number of fused-ring (bicyclic) bond motifs is 1. The molecule has 1 atom stereocenters. The smallest absolute Gasteiger partial charge is 0.136 e. The molecule has 0 bridgehead atoms. The predicted octanol–water partition coefficient (Wildman–Crippen LogP) is 2.79. The summed E-state index contributed by atoms with van der Waals surface area (Å²) in [5.41, 5.74) is 6.27. The molecular formula is C11H13N3S. The molecule has 1 aliphatic rings. The Bertz CT molecular complexity index is 530. The van der Waals surface area contributed by atoms with Crippen LogP contribution in [0.25, 0.3) is 10.2 Å². The molecule has 0 aromatic carbocycles. The summed E-state index contributed by atoms with van der Waals surface area (Å²) in [6.45, 7) is 4.49. The second kappa shape index (κ2) is 2.70. The van der Waals surface area contributed by atoms with Crippen molar-refractivity contribution in [2.24, 2.45) is 5.41 Å². The molecule has 0 amide bonds. The zero-order valence-electron chi connectivity index (χ0n) is 8.82. The van der Waals surface area contributed by atoms with E-state index in [0.29, 0.717) is 17.2 Å². The standard InChI is InChI=1S/C11H13N3S/c1-11(2)5-7(11)9-13-8(12)6-3-4-15-10(6)14-9/h3-4,7H,5H2,1-2H3,(H2,12,13,14). The van der Waals surface area contributed by atoms with Crippen molar-refractivity contribution in [3.05, 3.63) is 17.3 Å². The van der Waals surface area contributed by atoms with Gasteiger partial charge in [0.15, 0.2) is 0 Å². The second-order valence-electron chi connectivity index (χ2n) is 4.85. The van der Waals surface area contributed by atoms with Crippen LogP contribution in [0, 0.1) is 5.41 Å². The number of nitrogen functional groups attached to an aromatic ring is 1. The Labute approximate surface area is 92.4 Å². The average Bonchev–Trinajstić information content (AvgIpc) is 2.63. The van der Waals surface area contributed by atoms with E-state index in [1.807, 2.05) is 11.4 Å². The van der Waals surface area contributed by atoms with Crippen molar-refractivity contribution in [3.63, 3.8) is 0 Å². The Kier molecular flexibility index (Phi) is 1.63. The summed E-state index contributed by atoms with van der Waals surface area (Å²) in [7, 11) is 0. The van der Waals surface area contributed by atoms with Crippen LogP contribution in [0.15, 0.2) is 11.4 Å². The molecule has 1 aliphatic carbocycles. The molecule has 2 aromatic heterocycles. The minimum atomic E-state index is 0.359. The molecule has 2 heterocycles. The van der Waals surface area contributed by atoms with Gasteiger partial charge in [-0.25, -0.2) is 9.97 Å². The summed E-state index contributed by atoms with van der Waals surface area (Å²) in [4.78, 5) is 10.00. The molecule has 3 rings (SSSR count). The van der Waals surface area contributed by atoms with Crippen LogP contribution in [-0.4, -0.2) is 9.97 Å². The van der Waals surface area contributed by atoms with E-state index < -0.39 is 0 Å². The number of hydrogen-bond donors (Lipinski definition) is 1. The normalized spacial score (nSPS) is 23.2. The molecule has 0 spiro atoms. The molecule has 0 saturated heterocycles. The van der Waals surface area contributed by atoms with E-state index in [4.69, 9.17) is 5.73 Å². The Morgan fingerprint density at radius 3 is 2.87 bits per heavy atom. The van der Waals surface area contributed by atoms with Gasteiger partial charge in [0.2, 0.25) is 0 Å². The van der Waals surface area contributed by atoms with Gasteiger partial charge in [0.05, 0.1) is 5.39 Å². The summed E-state index contributed by atoms with van der Waals surface area (Å²) in [6, 6.07) is 1.98. The third-order valence-corrected chi connectivity index (χ3v) is 4.00. The summed E-state index contributed by atoms with van der Waals surface area (Å²) < 4.78 is 0. The Morgan fingerprint density at radius 1 is 1.47 bits per heavy atom. The highest BCUT2D eigenvalue weighted by Gasteiger charge is 2.48. The van der Waals surface area contributed by atoms with Crippen molar-refractivity contribution in [2.45, 2.75) is 26.2 Å². The topological polar surface area (TPSA) is 51.8 Å². The molecule has 3 nitrogen and oxygen atoms in total. The fourth-order valence-corrected chi connectivity index (χ4v) is 2.74. The Balaban J connectivity index is 2.13. The van der Waals surface area contributed by atoms with Crippen LogP contribution < -0.4 is 5.73 Å². The number of hydrogen-bond acceptors (Lipinski definition) is 4. The van der Waals surface area contributed by atoms with Crippen molar-refractivity contribution < 1.29 is 0 Å². The molecular weight excluding hydrogens is 206 g/mol. The second-order valence-corrected chi connectivity index (χ2v) is 5.75. The highest BCUT2D eigenvalue weighted by atomic mass is 32.1. The van der Waals surface area contributed by atoms with Crippen LogP contribution in [0.3, 0.4) is 0 Å². The van der Waals surface area contributed by atoms with E-state index >= 15 is 0 Å². The van der Waals surface area contributed by atoms with Gasteiger partial charge >= 0.3 is 0 Å². The fraction of sp³-hybridized carbons (Fsp3) is 0.455. The number of aromatic nitrogens is 2. The highest BCUT2D eigenvalue weighted by Crippen LogP contribution is 2.57. The number of rotatable bonds is 1. The van der Waals surface area contributed by atoms with Gasteiger partial charge in [0.25, 0.3) is 0 Å². The van der Waals surface area contributed by atoms with Gasteiger partial charge in [-0.2, -0.15) is 0 Å². The average molecular weight is 219 g/mol. The maximum Gasteiger partial charge on any atom is 0.136 e. The van der Waals surface area contributed by atoms with Crippen molar-refractivity contribution in [1.82, 2.24) is 9.97 Å². The van der Waals surface area contributed by atoms with E-state index in [0.717, 1.165) is 16.0 Å². The lowest BCUT2D eigenvalue weighted by Gasteiger charge is -2.03. The monoisotopic (exact) mass is 219 g/mol. The lowest BCUT2D eigenvalue weighted by Crippen LogP contribution is -2.00. The lowest BCUT2D eigenvalue weighted by molar-refractivity contribution is 0.610. The predicted molar refractivity (Wildman–Crippen MR) is 63.0 cm³/mol. The molecule has 1 saturated carbocycles. The first-order valence-corrected chi connectivity index (χ1v) is 5.96. The zero-order valence-corrected chi connectivity index (χ0v) is 9.64. The Morgan fingerprint density at radius 2 is 2.20 bits per heavy atom. The number of thiophene rings is 1. The van der Waals surface area contributed by atoms with Crippen molar-refractivity contribution >= 4 is 27.4 Å². The van der Waals surface area contributed by atoms with Crippen LogP contribution in [0.2, 0.25) is 0 Å². The van der Waals surface area contributed by atoms with Crippen molar-refractivity contribution in [1.29, 1.82) is 0 Å². The number of nitrogens with two attached hydrogens (primary N) is 1. The molecule has 4 heteroatoms. The molecule has 0 aliphatic heterocycles. The molecule has 0 radical (unpaired) electrons. The molecule has 1 unspecified atom stereocenters. The van der Waals surface area contributed by atoms with Crippen LogP contribution in [-0.2, 0) is 0 Å². The third kappa shape index (κ3) is 1.32. The molecule has 2 aromatic rings. The minimum absolute atomic E-state index is 0.359. The molecule has 78 valence electrons. The van der Waals surface area contributed by atoms with Crippen molar-refractivity contribution in [3.8, 4) is 0 Å². The van der Waals surface area contributed by atoms with Gasteiger partial charge in [0.1, 0.15) is 16.5 Å². The largest absolute Gasteiger partial charge is 0.383 e. The molecule has 1 fully saturated rings. The van der Waals surface area contributed by atoms with E-state index in [9.17, 15) is 0 Å². The number of anilines is 1. The zero-order chi connectivity index (χ0) is 10.6. The van der Waals surface area contributed by atoms with Gasteiger partial charge in [-0.05, 0) is 23.3 Å². The SMILES string of the molecule is CC1(C)CC1c1nc(N)c2ccsc2n1. The number of nitrogens with zero attached hydrogens (tertiary/aromatic N) is 2. The first-order chi connectivity index (χ1) is 7.08. The Hall–Kier alpha value is -1.16.